The number of carbonyl (C=O) groups is 1. The molecule has 5 nitrogen and oxygen atoms in total. The van der Waals surface area contributed by atoms with E-state index in [2.05, 4.69) is 14.7 Å². The summed E-state index contributed by atoms with van der Waals surface area (Å²) < 4.78 is 4.95. The van der Waals surface area contributed by atoms with Crippen LogP contribution in [0, 0.1) is 0 Å². The highest BCUT2D eigenvalue weighted by molar-refractivity contribution is 8.01. The average Bonchev–Trinajstić information content (AvgIpc) is 2.66. The van der Waals surface area contributed by atoms with Crippen molar-refractivity contribution in [2.24, 2.45) is 0 Å². The summed E-state index contributed by atoms with van der Waals surface area (Å²) in [6, 6.07) is -0.538. The topological polar surface area (TPSA) is 75.1 Å². The first-order chi connectivity index (χ1) is 7.17. The summed E-state index contributed by atoms with van der Waals surface area (Å²) in [4.78, 5) is 14.9. The van der Waals surface area contributed by atoms with Crippen molar-refractivity contribution in [2.45, 2.75) is 23.7 Å². The molecule has 0 aliphatic rings. The number of hydrogen-bond donors (Lipinski definition) is 2. The van der Waals surface area contributed by atoms with Gasteiger partial charge in [-0.25, -0.2) is 4.98 Å². The molecule has 7 heteroatoms. The highest BCUT2D eigenvalue weighted by Gasteiger charge is 2.16. The van der Waals surface area contributed by atoms with Crippen LogP contribution in [0.1, 0.15) is 12.7 Å². The number of aliphatic carboxylic acids is 1. The Morgan fingerprint density at radius 3 is 2.93 bits per heavy atom. The molecule has 15 heavy (non-hydrogen) atoms. The van der Waals surface area contributed by atoms with Crippen molar-refractivity contribution in [2.75, 3.05) is 12.8 Å². The second-order valence-corrected chi connectivity index (χ2v) is 4.84. The molecular weight excluding hydrogens is 234 g/mol. The molecular formula is C8H13N3O2S2. The van der Waals surface area contributed by atoms with Gasteiger partial charge in [0, 0.05) is 12.2 Å². The van der Waals surface area contributed by atoms with Crippen LogP contribution in [0.15, 0.2) is 4.34 Å². The summed E-state index contributed by atoms with van der Waals surface area (Å²) in [6.07, 6.45) is 0.811. The maximum absolute atomic E-state index is 10.7. The van der Waals surface area contributed by atoms with Crippen molar-refractivity contribution in [3.05, 3.63) is 5.82 Å². The second kappa shape index (κ2) is 6.04. The average molecular weight is 247 g/mol. The van der Waals surface area contributed by atoms with Gasteiger partial charge < -0.3 is 10.4 Å². The molecule has 2 N–H and O–H groups in total. The molecule has 1 rings (SSSR count). The Hall–Kier alpha value is -0.660. The van der Waals surface area contributed by atoms with Gasteiger partial charge in [0.05, 0.1) is 0 Å². The monoisotopic (exact) mass is 247 g/mol. The molecule has 0 bridgehead atoms. The van der Waals surface area contributed by atoms with Crippen LogP contribution in [0.4, 0.5) is 0 Å². The van der Waals surface area contributed by atoms with E-state index >= 15 is 0 Å². The van der Waals surface area contributed by atoms with Gasteiger partial charge in [-0.2, -0.15) is 4.37 Å². The standard InChI is InChI=1S/C8H13N3O2S2/c1-3-6-10-8(15-11-6)14-4-5(9-2)7(12)13/h5,9H,3-4H2,1-2H3,(H,12,13). The Morgan fingerprint density at radius 2 is 2.47 bits per heavy atom. The first kappa shape index (κ1) is 12.4. The van der Waals surface area contributed by atoms with E-state index in [-0.39, 0.29) is 0 Å². The Labute approximate surface area is 96.5 Å². The lowest BCUT2D eigenvalue weighted by molar-refractivity contribution is -0.138. The van der Waals surface area contributed by atoms with Gasteiger partial charge in [-0.05, 0) is 18.6 Å². The van der Waals surface area contributed by atoms with Gasteiger partial charge in [-0.15, -0.1) is 0 Å². The fraction of sp³-hybridized carbons (Fsp3) is 0.625. The van der Waals surface area contributed by atoms with Gasteiger partial charge in [-0.3, -0.25) is 4.79 Å². The van der Waals surface area contributed by atoms with Crippen molar-refractivity contribution in [3.8, 4) is 0 Å². The van der Waals surface area contributed by atoms with E-state index in [9.17, 15) is 4.79 Å². The van der Waals surface area contributed by atoms with Gasteiger partial charge in [0.15, 0.2) is 4.34 Å². The second-order valence-electron chi connectivity index (χ2n) is 2.82. The minimum atomic E-state index is -0.842. The number of carboxylic acid groups (broad SMARTS) is 1. The van der Waals surface area contributed by atoms with E-state index in [1.54, 1.807) is 7.05 Å². The number of nitrogens with zero attached hydrogens (tertiary/aromatic N) is 2. The van der Waals surface area contributed by atoms with Crippen LogP contribution in [0.3, 0.4) is 0 Å². The molecule has 1 aromatic heterocycles. The predicted molar refractivity (Wildman–Crippen MR) is 60.5 cm³/mol. The minimum Gasteiger partial charge on any atom is -0.480 e. The molecule has 0 aromatic carbocycles. The van der Waals surface area contributed by atoms with E-state index in [0.717, 1.165) is 16.6 Å². The lowest BCUT2D eigenvalue weighted by Gasteiger charge is -2.08. The molecule has 0 radical (unpaired) electrons. The van der Waals surface area contributed by atoms with Crippen molar-refractivity contribution in [1.29, 1.82) is 0 Å². The number of hydrogen-bond acceptors (Lipinski definition) is 6. The normalized spacial score (nSPS) is 12.7. The first-order valence-electron chi connectivity index (χ1n) is 4.52. The molecule has 0 fully saturated rings. The van der Waals surface area contributed by atoms with E-state index in [1.165, 1.54) is 23.3 Å². The van der Waals surface area contributed by atoms with Crippen LogP contribution in [-0.2, 0) is 11.2 Å². The summed E-state index contributed by atoms with van der Waals surface area (Å²) in [6.45, 7) is 1.99. The summed E-state index contributed by atoms with van der Waals surface area (Å²) >= 11 is 2.74. The van der Waals surface area contributed by atoms with Crippen molar-refractivity contribution in [1.82, 2.24) is 14.7 Å². The lowest BCUT2D eigenvalue weighted by Crippen LogP contribution is -2.35. The number of thioether (sulfide) groups is 1. The van der Waals surface area contributed by atoms with Crippen LogP contribution < -0.4 is 5.32 Å². The van der Waals surface area contributed by atoms with E-state index in [0.29, 0.717) is 5.75 Å². The fourth-order valence-corrected chi connectivity index (χ4v) is 2.69. The molecule has 1 aromatic rings. The number of carboxylic acids is 1. The number of aryl methyl sites for hydroxylation is 1. The Kier molecular flexibility index (Phi) is 5.00. The highest BCUT2D eigenvalue weighted by atomic mass is 32.2. The van der Waals surface area contributed by atoms with Crippen molar-refractivity contribution < 1.29 is 9.90 Å². The smallest absolute Gasteiger partial charge is 0.321 e. The third kappa shape index (κ3) is 3.77. The third-order valence-electron chi connectivity index (χ3n) is 1.79. The van der Waals surface area contributed by atoms with E-state index in [1.807, 2.05) is 6.92 Å². The maximum Gasteiger partial charge on any atom is 0.321 e. The fourth-order valence-electron chi connectivity index (χ4n) is 0.873. The number of aromatic nitrogens is 2. The zero-order chi connectivity index (χ0) is 11.3. The van der Waals surface area contributed by atoms with Gasteiger partial charge in [0.2, 0.25) is 0 Å². The van der Waals surface area contributed by atoms with Crippen LogP contribution in [0.25, 0.3) is 0 Å². The zero-order valence-corrected chi connectivity index (χ0v) is 10.2. The Morgan fingerprint density at radius 1 is 1.73 bits per heavy atom. The molecule has 0 aliphatic carbocycles. The van der Waals surface area contributed by atoms with Crippen LogP contribution >= 0.6 is 23.3 Å². The molecule has 0 saturated heterocycles. The summed E-state index contributed by atoms with van der Waals surface area (Å²) in [5, 5.41) is 11.5. The Bertz CT molecular complexity index is 329. The summed E-state index contributed by atoms with van der Waals surface area (Å²) in [7, 11) is 1.64. The van der Waals surface area contributed by atoms with Crippen LogP contribution in [0.5, 0.6) is 0 Å². The zero-order valence-electron chi connectivity index (χ0n) is 8.56. The summed E-state index contributed by atoms with van der Waals surface area (Å²) in [5.41, 5.74) is 0. The third-order valence-corrected chi connectivity index (χ3v) is 3.75. The Balaban J connectivity index is 2.45. The molecule has 0 amide bonds. The number of nitrogens with one attached hydrogen (secondary N) is 1. The quantitative estimate of drug-likeness (QED) is 0.726. The number of likely N-dealkylation sites (N-methyl/N-ethyl adjacent to an activating group) is 1. The molecule has 0 spiro atoms. The van der Waals surface area contributed by atoms with Gasteiger partial charge in [-0.1, -0.05) is 18.7 Å². The highest BCUT2D eigenvalue weighted by Crippen LogP contribution is 2.20. The van der Waals surface area contributed by atoms with Crippen molar-refractivity contribution in [3.63, 3.8) is 0 Å². The molecule has 0 saturated carbocycles. The lowest BCUT2D eigenvalue weighted by atomic mass is 10.3. The minimum absolute atomic E-state index is 0.462. The van der Waals surface area contributed by atoms with Crippen LogP contribution in [-0.4, -0.2) is 39.3 Å². The number of rotatable bonds is 6. The SMILES string of the molecule is CCc1nsc(SCC(NC)C(=O)O)n1. The van der Waals surface area contributed by atoms with Gasteiger partial charge in [0.25, 0.3) is 0 Å². The van der Waals surface area contributed by atoms with E-state index < -0.39 is 12.0 Å². The molecule has 1 atom stereocenters. The van der Waals surface area contributed by atoms with Crippen molar-refractivity contribution >= 4 is 29.3 Å². The van der Waals surface area contributed by atoms with E-state index in [4.69, 9.17) is 5.11 Å². The predicted octanol–water partition coefficient (Wildman–Crippen LogP) is 0.865. The van der Waals surface area contributed by atoms with Gasteiger partial charge >= 0.3 is 5.97 Å². The first-order valence-corrected chi connectivity index (χ1v) is 6.28. The van der Waals surface area contributed by atoms with Gasteiger partial charge in [0.1, 0.15) is 11.9 Å². The summed E-state index contributed by atoms with van der Waals surface area (Å²) in [5.74, 6) is 0.438. The largest absolute Gasteiger partial charge is 0.480 e. The molecule has 0 aliphatic heterocycles. The molecule has 1 heterocycles. The molecule has 84 valence electrons. The molecule has 1 unspecified atom stereocenters. The maximum atomic E-state index is 10.7. The van der Waals surface area contributed by atoms with Crippen LogP contribution in [0.2, 0.25) is 0 Å².